The first kappa shape index (κ1) is 13.9. The Kier molecular flexibility index (Phi) is 3.99. The van der Waals surface area contributed by atoms with Gasteiger partial charge in [-0.15, -0.1) is 0 Å². The number of fused-ring (bicyclic) bond motifs is 1. The van der Waals surface area contributed by atoms with E-state index in [4.69, 9.17) is 0 Å². The molecular formula is C17H25NO2. The van der Waals surface area contributed by atoms with E-state index >= 15 is 0 Å². The molecule has 0 bridgehead atoms. The summed E-state index contributed by atoms with van der Waals surface area (Å²) in [7, 11) is 0. The van der Waals surface area contributed by atoms with Gasteiger partial charge in [-0.05, 0) is 31.7 Å². The Hall–Kier alpha value is -1.06. The van der Waals surface area contributed by atoms with Crippen LogP contribution in [0.1, 0.15) is 56.6 Å². The number of rotatable bonds is 2. The van der Waals surface area contributed by atoms with Gasteiger partial charge in [0.25, 0.3) is 0 Å². The molecule has 1 aromatic rings. The molecule has 0 radical (unpaired) electrons. The van der Waals surface area contributed by atoms with Crippen molar-refractivity contribution in [2.24, 2.45) is 0 Å². The van der Waals surface area contributed by atoms with Crippen LogP contribution >= 0.6 is 0 Å². The molecule has 2 aliphatic rings. The Morgan fingerprint density at radius 3 is 2.65 bits per heavy atom. The van der Waals surface area contributed by atoms with Crippen molar-refractivity contribution in [2.45, 2.75) is 56.7 Å². The fraction of sp³-hybridized carbons (Fsp3) is 0.647. The normalized spacial score (nSPS) is 25.9. The van der Waals surface area contributed by atoms with Crippen molar-refractivity contribution in [1.29, 1.82) is 0 Å². The van der Waals surface area contributed by atoms with Crippen LogP contribution in [0.5, 0.6) is 0 Å². The number of aliphatic hydroxyl groups is 2. The molecule has 2 N–H and O–H groups in total. The first-order valence-electron chi connectivity index (χ1n) is 7.92. The maximum Gasteiger partial charge on any atom is 0.0821 e. The highest BCUT2D eigenvalue weighted by atomic mass is 16.3. The molecule has 1 aromatic carbocycles. The summed E-state index contributed by atoms with van der Waals surface area (Å²) >= 11 is 0. The topological polar surface area (TPSA) is 43.7 Å². The van der Waals surface area contributed by atoms with Crippen LogP contribution in [0.4, 0.5) is 5.69 Å². The second-order valence-corrected chi connectivity index (χ2v) is 6.42. The number of nitrogens with zero attached hydrogens (tertiary/aromatic N) is 1. The number of anilines is 1. The predicted octanol–water partition coefficient (Wildman–Crippen LogP) is 3.02. The van der Waals surface area contributed by atoms with Gasteiger partial charge in [0, 0.05) is 24.3 Å². The van der Waals surface area contributed by atoms with Gasteiger partial charge in [-0.1, -0.05) is 37.5 Å². The zero-order valence-electron chi connectivity index (χ0n) is 12.1. The van der Waals surface area contributed by atoms with Gasteiger partial charge in [0.1, 0.15) is 0 Å². The third-order valence-electron chi connectivity index (χ3n) is 4.81. The van der Waals surface area contributed by atoms with E-state index in [0.29, 0.717) is 6.54 Å². The highest BCUT2D eigenvalue weighted by Gasteiger charge is 2.33. The molecule has 1 atom stereocenters. The average Bonchev–Trinajstić information content (AvgIpc) is 2.60. The smallest absolute Gasteiger partial charge is 0.0821 e. The summed E-state index contributed by atoms with van der Waals surface area (Å²) < 4.78 is 0. The molecule has 1 unspecified atom stereocenters. The van der Waals surface area contributed by atoms with Crippen molar-refractivity contribution in [3.63, 3.8) is 0 Å². The molecule has 3 rings (SSSR count). The van der Waals surface area contributed by atoms with Crippen LogP contribution in [-0.2, 0) is 0 Å². The van der Waals surface area contributed by atoms with E-state index in [1.165, 1.54) is 6.42 Å². The van der Waals surface area contributed by atoms with Crippen LogP contribution in [0.25, 0.3) is 0 Å². The van der Waals surface area contributed by atoms with E-state index in [-0.39, 0.29) is 6.10 Å². The van der Waals surface area contributed by atoms with Crippen molar-refractivity contribution in [3.8, 4) is 0 Å². The fourth-order valence-electron chi connectivity index (χ4n) is 3.70. The lowest BCUT2D eigenvalue weighted by molar-refractivity contribution is 0.0110. The van der Waals surface area contributed by atoms with Crippen molar-refractivity contribution in [1.82, 2.24) is 0 Å². The molecular weight excluding hydrogens is 250 g/mol. The molecule has 3 nitrogen and oxygen atoms in total. The Morgan fingerprint density at radius 1 is 1.10 bits per heavy atom. The summed E-state index contributed by atoms with van der Waals surface area (Å²) in [6, 6.07) is 8.11. The lowest BCUT2D eigenvalue weighted by Gasteiger charge is -2.38. The van der Waals surface area contributed by atoms with E-state index in [1.807, 2.05) is 18.2 Å². The minimum absolute atomic E-state index is 0.364. The standard InChI is InChI=1S/C17H25NO2/c19-16-9-6-12-18(15-8-3-2-7-14(15)16)13-17(20)10-4-1-5-11-17/h2-3,7-8,16,19-20H,1,4-6,9-13H2. The number of aliphatic hydroxyl groups excluding tert-OH is 1. The molecule has 0 spiro atoms. The van der Waals surface area contributed by atoms with Gasteiger partial charge in [0.05, 0.1) is 11.7 Å². The van der Waals surface area contributed by atoms with Crippen LogP contribution in [0.2, 0.25) is 0 Å². The monoisotopic (exact) mass is 275 g/mol. The molecule has 20 heavy (non-hydrogen) atoms. The molecule has 110 valence electrons. The molecule has 0 aromatic heterocycles. The van der Waals surface area contributed by atoms with Gasteiger partial charge < -0.3 is 15.1 Å². The van der Waals surface area contributed by atoms with Gasteiger partial charge in [0.2, 0.25) is 0 Å². The second-order valence-electron chi connectivity index (χ2n) is 6.42. The van der Waals surface area contributed by atoms with Gasteiger partial charge in [-0.25, -0.2) is 0 Å². The highest BCUT2D eigenvalue weighted by molar-refractivity contribution is 5.55. The number of hydrogen-bond donors (Lipinski definition) is 2. The maximum absolute atomic E-state index is 10.8. The fourth-order valence-corrected chi connectivity index (χ4v) is 3.70. The lowest BCUT2D eigenvalue weighted by Crippen LogP contribution is -2.45. The predicted molar refractivity (Wildman–Crippen MR) is 80.9 cm³/mol. The van der Waals surface area contributed by atoms with Gasteiger partial charge in [0.15, 0.2) is 0 Å². The van der Waals surface area contributed by atoms with Gasteiger partial charge in [-0.3, -0.25) is 0 Å². The minimum atomic E-state index is -0.541. The summed E-state index contributed by atoms with van der Waals surface area (Å²) in [6.07, 6.45) is 6.76. The molecule has 1 aliphatic carbocycles. The molecule has 1 fully saturated rings. The Balaban J connectivity index is 1.83. The number of benzene rings is 1. The first-order valence-corrected chi connectivity index (χ1v) is 7.92. The van der Waals surface area contributed by atoms with E-state index in [2.05, 4.69) is 11.0 Å². The SMILES string of the molecule is OC1CCCN(CC2(O)CCCCC2)c2ccccc21. The van der Waals surface area contributed by atoms with E-state index in [0.717, 1.165) is 56.3 Å². The van der Waals surface area contributed by atoms with Crippen molar-refractivity contribution >= 4 is 5.69 Å². The molecule has 1 saturated carbocycles. The third kappa shape index (κ3) is 2.84. The minimum Gasteiger partial charge on any atom is -0.388 e. The largest absolute Gasteiger partial charge is 0.388 e. The zero-order chi connectivity index (χ0) is 14.0. The van der Waals surface area contributed by atoms with Crippen LogP contribution in [0.3, 0.4) is 0 Å². The highest BCUT2D eigenvalue weighted by Crippen LogP contribution is 2.36. The number of β-amino-alcohol motifs (C(OH)–C–C–N with tert-alkyl or cyclic N) is 1. The number of hydrogen-bond acceptors (Lipinski definition) is 3. The Bertz CT molecular complexity index is 454. The van der Waals surface area contributed by atoms with Crippen LogP contribution in [0, 0.1) is 0 Å². The lowest BCUT2D eigenvalue weighted by atomic mass is 9.84. The Morgan fingerprint density at radius 2 is 1.85 bits per heavy atom. The first-order chi connectivity index (χ1) is 9.68. The van der Waals surface area contributed by atoms with E-state index in [9.17, 15) is 10.2 Å². The van der Waals surface area contributed by atoms with Crippen molar-refractivity contribution in [3.05, 3.63) is 29.8 Å². The van der Waals surface area contributed by atoms with E-state index in [1.54, 1.807) is 0 Å². The summed E-state index contributed by atoms with van der Waals surface area (Å²) in [4.78, 5) is 2.29. The number of para-hydroxylation sites is 1. The molecule has 1 aliphatic heterocycles. The summed E-state index contributed by atoms with van der Waals surface area (Å²) in [5, 5.41) is 21.0. The maximum atomic E-state index is 10.8. The third-order valence-corrected chi connectivity index (χ3v) is 4.81. The zero-order valence-corrected chi connectivity index (χ0v) is 12.1. The molecule has 0 saturated heterocycles. The summed E-state index contributed by atoms with van der Waals surface area (Å²) in [6.45, 7) is 1.63. The van der Waals surface area contributed by atoms with Crippen molar-refractivity contribution < 1.29 is 10.2 Å². The average molecular weight is 275 g/mol. The Labute approximate surface area is 121 Å². The van der Waals surface area contributed by atoms with Gasteiger partial charge in [-0.2, -0.15) is 0 Å². The van der Waals surface area contributed by atoms with Crippen LogP contribution in [0.15, 0.2) is 24.3 Å². The van der Waals surface area contributed by atoms with Crippen LogP contribution in [-0.4, -0.2) is 28.9 Å². The molecule has 3 heteroatoms. The second kappa shape index (κ2) is 5.74. The van der Waals surface area contributed by atoms with E-state index < -0.39 is 5.60 Å². The molecule has 0 amide bonds. The summed E-state index contributed by atoms with van der Waals surface area (Å²) in [5.41, 5.74) is 1.58. The quantitative estimate of drug-likeness (QED) is 0.872. The van der Waals surface area contributed by atoms with Gasteiger partial charge >= 0.3 is 0 Å². The van der Waals surface area contributed by atoms with Crippen LogP contribution < -0.4 is 4.90 Å². The van der Waals surface area contributed by atoms with Crippen molar-refractivity contribution in [2.75, 3.05) is 18.0 Å². The molecule has 1 heterocycles. The summed E-state index contributed by atoms with van der Waals surface area (Å²) in [5.74, 6) is 0.